The van der Waals surface area contributed by atoms with E-state index in [1.807, 2.05) is 24.3 Å². The smallest absolute Gasteiger partial charge is 0.176 e. The molecule has 0 atom stereocenters. The molecule has 0 amide bonds. The number of benzene rings is 2. The number of rotatable bonds is 5. The minimum atomic E-state index is -1.13. The summed E-state index contributed by atoms with van der Waals surface area (Å²) in [5.74, 6) is 0.312. The number of ketones is 2. The average Bonchev–Trinajstić information content (AvgIpc) is 2.59. The number of ether oxygens (including phenoxy) is 1. The van der Waals surface area contributed by atoms with E-state index in [1.165, 1.54) is 0 Å². The fourth-order valence-corrected chi connectivity index (χ4v) is 2.69. The number of carbonyl (C=O) groups excluding carboxylic acids is 2. The van der Waals surface area contributed by atoms with Crippen molar-refractivity contribution in [2.75, 3.05) is 7.11 Å². The van der Waals surface area contributed by atoms with Crippen LogP contribution in [0, 0.1) is 5.41 Å². The fourth-order valence-electron chi connectivity index (χ4n) is 2.69. The molecule has 3 nitrogen and oxygen atoms in total. The van der Waals surface area contributed by atoms with Crippen molar-refractivity contribution in [1.29, 1.82) is 0 Å². The zero-order valence-electron chi connectivity index (χ0n) is 15.8. The maximum atomic E-state index is 12.9. The van der Waals surface area contributed by atoms with Gasteiger partial charge in [-0.25, -0.2) is 0 Å². The van der Waals surface area contributed by atoms with E-state index in [2.05, 4.69) is 20.8 Å². The van der Waals surface area contributed by atoms with Crippen molar-refractivity contribution in [2.24, 2.45) is 5.41 Å². The molecule has 0 unspecified atom stereocenters. The van der Waals surface area contributed by atoms with E-state index < -0.39 is 5.41 Å². The first-order valence-electron chi connectivity index (χ1n) is 8.41. The summed E-state index contributed by atoms with van der Waals surface area (Å²) < 4.78 is 5.11. The Morgan fingerprint density at radius 2 is 1.12 bits per heavy atom. The number of hydrogen-bond acceptors (Lipinski definition) is 3. The van der Waals surface area contributed by atoms with Crippen molar-refractivity contribution >= 4 is 11.6 Å². The van der Waals surface area contributed by atoms with Gasteiger partial charge in [-0.05, 0) is 49.1 Å². The molecular formula is C22H26O3. The summed E-state index contributed by atoms with van der Waals surface area (Å²) in [6.07, 6.45) is 0. The van der Waals surface area contributed by atoms with Crippen LogP contribution in [-0.2, 0) is 5.41 Å². The average molecular weight is 338 g/mol. The van der Waals surface area contributed by atoms with Gasteiger partial charge in [-0.2, -0.15) is 0 Å². The predicted octanol–water partition coefficient (Wildman–Crippen LogP) is 5.08. The summed E-state index contributed by atoms with van der Waals surface area (Å²) in [4.78, 5) is 25.8. The Balaban J connectivity index is 2.27. The fraction of sp³-hybridized carbons (Fsp3) is 0.364. The molecule has 2 aromatic carbocycles. The predicted molar refractivity (Wildman–Crippen MR) is 101 cm³/mol. The molecule has 3 heteroatoms. The van der Waals surface area contributed by atoms with E-state index >= 15 is 0 Å². The van der Waals surface area contributed by atoms with Crippen LogP contribution in [0.4, 0.5) is 0 Å². The minimum Gasteiger partial charge on any atom is -0.497 e. The molecule has 2 aromatic rings. The maximum absolute atomic E-state index is 12.9. The molecule has 0 aromatic heterocycles. The van der Waals surface area contributed by atoms with Crippen LogP contribution in [0.1, 0.15) is 60.9 Å². The molecule has 0 spiro atoms. The molecule has 2 rings (SSSR count). The van der Waals surface area contributed by atoms with Crippen molar-refractivity contribution in [3.8, 4) is 5.75 Å². The lowest BCUT2D eigenvalue weighted by molar-refractivity contribution is 0.0711. The van der Waals surface area contributed by atoms with Gasteiger partial charge in [-0.1, -0.05) is 45.0 Å². The number of carbonyl (C=O) groups is 2. The van der Waals surface area contributed by atoms with Gasteiger partial charge in [-0.3, -0.25) is 9.59 Å². The Morgan fingerprint density at radius 3 is 1.48 bits per heavy atom. The third kappa shape index (κ3) is 3.98. The van der Waals surface area contributed by atoms with Crippen LogP contribution in [0.3, 0.4) is 0 Å². The Hall–Kier alpha value is -2.42. The third-order valence-corrected chi connectivity index (χ3v) is 4.50. The molecule has 0 saturated heterocycles. The van der Waals surface area contributed by atoms with E-state index in [-0.39, 0.29) is 17.0 Å². The lowest BCUT2D eigenvalue weighted by Gasteiger charge is -2.23. The highest BCUT2D eigenvalue weighted by Crippen LogP contribution is 2.29. The molecule has 0 N–H and O–H groups in total. The maximum Gasteiger partial charge on any atom is 0.176 e. The lowest BCUT2D eigenvalue weighted by atomic mass is 9.77. The van der Waals surface area contributed by atoms with Crippen molar-refractivity contribution in [2.45, 2.75) is 40.0 Å². The second-order valence-corrected chi connectivity index (χ2v) is 7.84. The number of methoxy groups -OCH3 is 1. The highest BCUT2D eigenvalue weighted by molar-refractivity contribution is 6.19. The van der Waals surface area contributed by atoms with Crippen molar-refractivity contribution in [3.63, 3.8) is 0 Å². The summed E-state index contributed by atoms with van der Waals surface area (Å²) in [5, 5.41) is 0. The molecule has 25 heavy (non-hydrogen) atoms. The lowest BCUT2D eigenvalue weighted by Crippen LogP contribution is -2.33. The van der Waals surface area contributed by atoms with Crippen LogP contribution in [0.5, 0.6) is 5.75 Å². The van der Waals surface area contributed by atoms with Gasteiger partial charge in [-0.15, -0.1) is 0 Å². The van der Waals surface area contributed by atoms with Gasteiger partial charge in [0, 0.05) is 11.1 Å². The summed E-state index contributed by atoms with van der Waals surface area (Å²) in [6, 6.07) is 14.4. The summed E-state index contributed by atoms with van der Waals surface area (Å²) >= 11 is 0. The van der Waals surface area contributed by atoms with Crippen LogP contribution in [0.2, 0.25) is 0 Å². The van der Waals surface area contributed by atoms with E-state index in [4.69, 9.17) is 4.74 Å². The molecule has 132 valence electrons. The van der Waals surface area contributed by atoms with E-state index in [9.17, 15) is 9.59 Å². The van der Waals surface area contributed by atoms with Gasteiger partial charge in [0.05, 0.1) is 12.5 Å². The highest BCUT2D eigenvalue weighted by atomic mass is 16.5. The molecule has 0 heterocycles. The largest absolute Gasteiger partial charge is 0.497 e. The molecule has 0 saturated carbocycles. The number of Topliss-reactive ketones (excluding diaryl/α,β-unsaturated/α-hetero) is 2. The van der Waals surface area contributed by atoms with Crippen molar-refractivity contribution in [1.82, 2.24) is 0 Å². The van der Waals surface area contributed by atoms with Crippen LogP contribution in [0.25, 0.3) is 0 Å². The summed E-state index contributed by atoms with van der Waals surface area (Å²) in [7, 11) is 1.57. The second kappa shape index (κ2) is 6.83. The Labute approximate surface area is 150 Å². The Kier molecular flexibility index (Phi) is 5.17. The van der Waals surface area contributed by atoms with Gasteiger partial charge >= 0.3 is 0 Å². The van der Waals surface area contributed by atoms with E-state index in [0.717, 1.165) is 5.56 Å². The highest BCUT2D eigenvalue weighted by Gasteiger charge is 2.37. The molecule has 0 aliphatic heterocycles. The SMILES string of the molecule is COc1ccc(C(=O)C(C)(C)C(=O)c2ccc(C(C)(C)C)cc2)cc1. The van der Waals surface area contributed by atoms with Gasteiger partial charge in [0.25, 0.3) is 0 Å². The van der Waals surface area contributed by atoms with Crippen LogP contribution >= 0.6 is 0 Å². The van der Waals surface area contributed by atoms with E-state index in [0.29, 0.717) is 16.9 Å². The number of hydrogen-bond donors (Lipinski definition) is 0. The molecule has 0 fully saturated rings. The van der Waals surface area contributed by atoms with Crippen LogP contribution in [0.15, 0.2) is 48.5 Å². The van der Waals surface area contributed by atoms with Crippen molar-refractivity contribution in [3.05, 3.63) is 65.2 Å². The zero-order chi connectivity index (χ0) is 18.8. The summed E-state index contributed by atoms with van der Waals surface area (Å²) in [6.45, 7) is 9.74. The van der Waals surface area contributed by atoms with Gasteiger partial charge in [0.1, 0.15) is 5.75 Å². The first kappa shape index (κ1) is 18.9. The molecule has 0 aliphatic carbocycles. The summed E-state index contributed by atoms with van der Waals surface area (Å²) in [5.41, 5.74) is 1.11. The first-order chi connectivity index (χ1) is 11.6. The quantitative estimate of drug-likeness (QED) is 0.564. The van der Waals surface area contributed by atoms with Gasteiger partial charge in [0.15, 0.2) is 11.6 Å². The Bertz CT molecular complexity index is 760. The third-order valence-electron chi connectivity index (χ3n) is 4.50. The first-order valence-corrected chi connectivity index (χ1v) is 8.41. The second-order valence-electron chi connectivity index (χ2n) is 7.84. The molecule has 0 radical (unpaired) electrons. The monoisotopic (exact) mass is 338 g/mol. The molecule has 0 aliphatic rings. The Morgan fingerprint density at radius 1 is 0.720 bits per heavy atom. The van der Waals surface area contributed by atoms with Gasteiger partial charge in [0.2, 0.25) is 0 Å². The van der Waals surface area contributed by atoms with Gasteiger partial charge < -0.3 is 4.74 Å². The topological polar surface area (TPSA) is 43.4 Å². The molecule has 0 bridgehead atoms. The molecular weight excluding hydrogens is 312 g/mol. The van der Waals surface area contributed by atoms with Crippen LogP contribution in [-0.4, -0.2) is 18.7 Å². The zero-order valence-corrected chi connectivity index (χ0v) is 15.8. The normalized spacial score (nSPS) is 11.9. The minimum absolute atomic E-state index is 0.0238. The van der Waals surface area contributed by atoms with Crippen LogP contribution < -0.4 is 4.74 Å². The van der Waals surface area contributed by atoms with Crippen molar-refractivity contribution < 1.29 is 14.3 Å². The standard InChI is InChI=1S/C22H26O3/c1-21(2,3)17-11-7-15(8-12-17)19(23)22(4,5)20(24)16-9-13-18(25-6)14-10-16/h7-14H,1-6H3. The van der Waals surface area contributed by atoms with E-state index in [1.54, 1.807) is 45.2 Å².